The number of hydrogen-bond acceptors (Lipinski definition) is 5. The first-order chi connectivity index (χ1) is 16.3. The van der Waals surface area contributed by atoms with E-state index in [1.165, 1.54) is 0 Å². The molecular weight excluding hydrogens is 434 g/mol. The zero-order valence-electron chi connectivity index (χ0n) is 19.5. The predicted molar refractivity (Wildman–Crippen MR) is 127 cm³/mol. The van der Waals surface area contributed by atoms with Crippen molar-refractivity contribution in [2.24, 2.45) is 5.92 Å². The molecule has 180 valence electrons. The minimum atomic E-state index is -0.906. The summed E-state index contributed by atoms with van der Waals surface area (Å²) in [5.41, 5.74) is 4.50. The van der Waals surface area contributed by atoms with Crippen molar-refractivity contribution in [3.05, 3.63) is 59.7 Å². The summed E-state index contributed by atoms with van der Waals surface area (Å²) < 4.78 is 5.59. The standard InChI is InChI=1S/C26H31N3O5/c1-29(2)14-23(24(30)27-22-13-7-12-20(22)25(31)32)28-26(33)34-15-21-18-10-5-3-8-16(18)17-9-4-6-11-19(17)21/h3-6,8-11,20-23H,7,12-15H2,1-2H3,(H,27,30)(H,28,33)(H,31,32)/t20?,22?,23-/m0/s1. The number of ether oxygens (including phenoxy) is 1. The third-order valence-electron chi connectivity index (χ3n) is 6.66. The largest absolute Gasteiger partial charge is 0.481 e. The van der Waals surface area contributed by atoms with Crippen molar-refractivity contribution in [2.45, 2.75) is 37.3 Å². The molecule has 0 aliphatic heterocycles. The number of nitrogens with one attached hydrogen (secondary N) is 2. The molecule has 0 bridgehead atoms. The summed E-state index contributed by atoms with van der Waals surface area (Å²) in [5, 5.41) is 14.9. The van der Waals surface area contributed by atoms with E-state index >= 15 is 0 Å². The highest BCUT2D eigenvalue weighted by molar-refractivity contribution is 5.87. The van der Waals surface area contributed by atoms with Gasteiger partial charge in [-0.05, 0) is 49.2 Å². The molecule has 1 saturated carbocycles. The molecule has 3 N–H and O–H groups in total. The molecule has 2 aromatic rings. The number of fused-ring (bicyclic) bond motifs is 3. The maximum atomic E-state index is 12.9. The number of aliphatic carboxylic acids is 1. The van der Waals surface area contributed by atoms with Gasteiger partial charge in [0.15, 0.2) is 0 Å². The van der Waals surface area contributed by atoms with Gasteiger partial charge >= 0.3 is 12.1 Å². The molecule has 3 atom stereocenters. The smallest absolute Gasteiger partial charge is 0.407 e. The SMILES string of the molecule is CN(C)C[C@H](NC(=O)OCC1c2ccccc2-c2ccccc21)C(=O)NC1CCCC1C(=O)O. The fraction of sp³-hybridized carbons (Fsp3) is 0.423. The van der Waals surface area contributed by atoms with Crippen molar-refractivity contribution >= 4 is 18.0 Å². The van der Waals surface area contributed by atoms with Gasteiger partial charge in [0.05, 0.1) is 5.92 Å². The van der Waals surface area contributed by atoms with Crippen molar-refractivity contribution in [3.8, 4) is 11.1 Å². The van der Waals surface area contributed by atoms with E-state index in [0.717, 1.165) is 28.7 Å². The first-order valence-electron chi connectivity index (χ1n) is 11.6. The van der Waals surface area contributed by atoms with Crippen LogP contribution in [0.1, 0.15) is 36.3 Å². The molecule has 0 spiro atoms. The van der Waals surface area contributed by atoms with E-state index in [4.69, 9.17) is 4.74 Å². The molecule has 0 heterocycles. The molecule has 34 heavy (non-hydrogen) atoms. The van der Waals surface area contributed by atoms with Crippen LogP contribution in [0.2, 0.25) is 0 Å². The van der Waals surface area contributed by atoms with Crippen LogP contribution in [-0.4, -0.2) is 67.3 Å². The zero-order chi connectivity index (χ0) is 24.2. The zero-order valence-corrected chi connectivity index (χ0v) is 19.5. The number of rotatable bonds is 8. The summed E-state index contributed by atoms with van der Waals surface area (Å²) in [7, 11) is 3.60. The highest BCUT2D eigenvalue weighted by atomic mass is 16.5. The van der Waals surface area contributed by atoms with Gasteiger partial charge in [-0.15, -0.1) is 0 Å². The Bertz CT molecular complexity index is 1020. The van der Waals surface area contributed by atoms with E-state index in [0.29, 0.717) is 12.8 Å². The van der Waals surface area contributed by atoms with Gasteiger partial charge in [0.25, 0.3) is 0 Å². The molecule has 0 saturated heterocycles. The Hall–Kier alpha value is -3.39. The van der Waals surface area contributed by atoms with Gasteiger partial charge in [0.1, 0.15) is 12.6 Å². The summed E-state index contributed by atoms with van der Waals surface area (Å²) >= 11 is 0. The maximum absolute atomic E-state index is 12.9. The van der Waals surface area contributed by atoms with Gasteiger partial charge in [0.2, 0.25) is 5.91 Å². The molecular formula is C26H31N3O5. The van der Waals surface area contributed by atoms with Crippen molar-refractivity contribution in [2.75, 3.05) is 27.2 Å². The number of carboxylic acids is 1. The maximum Gasteiger partial charge on any atom is 0.407 e. The van der Waals surface area contributed by atoms with Crippen molar-refractivity contribution in [3.63, 3.8) is 0 Å². The summed E-state index contributed by atoms with van der Waals surface area (Å²) in [6.45, 7) is 0.417. The highest BCUT2D eigenvalue weighted by Gasteiger charge is 2.36. The molecule has 1 fully saturated rings. The first-order valence-corrected chi connectivity index (χ1v) is 11.6. The highest BCUT2D eigenvalue weighted by Crippen LogP contribution is 2.44. The Morgan fingerprint density at radius 3 is 2.24 bits per heavy atom. The van der Waals surface area contributed by atoms with Crippen LogP contribution in [-0.2, 0) is 14.3 Å². The number of alkyl carbamates (subject to hydrolysis) is 1. The number of hydrogen-bond donors (Lipinski definition) is 3. The summed E-state index contributed by atoms with van der Waals surface area (Å²) in [5.74, 6) is -1.98. The number of likely N-dealkylation sites (N-methyl/N-ethyl adjacent to an activating group) is 1. The second kappa shape index (κ2) is 10.3. The molecule has 4 rings (SSSR count). The van der Waals surface area contributed by atoms with E-state index in [2.05, 4.69) is 22.8 Å². The van der Waals surface area contributed by atoms with Crippen LogP contribution in [0.15, 0.2) is 48.5 Å². The third-order valence-corrected chi connectivity index (χ3v) is 6.66. The lowest BCUT2D eigenvalue weighted by Crippen LogP contribution is -2.54. The minimum absolute atomic E-state index is 0.0749. The summed E-state index contributed by atoms with van der Waals surface area (Å²) in [6.07, 6.45) is 1.23. The topological polar surface area (TPSA) is 108 Å². The Morgan fingerprint density at radius 2 is 1.65 bits per heavy atom. The molecule has 2 aromatic carbocycles. The first kappa shape index (κ1) is 23.8. The number of carbonyl (C=O) groups excluding carboxylic acids is 2. The average molecular weight is 466 g/mol. The molecule has 2 amide bonds. The Morgan fingerprint density at radius 1 is 1.03 bits per heavy atom. The van der Waals surface area contributed by atoms with Crippen LogP contribution in [0.25, 0.3) is 11.1 Å². The van der Waals surface area contributed by atoms with Gasteiger partial charge in [-0.1, -0.05) is 55.0 Å². The van der Waals surface area contributed by atoms with Crippen LogP contribution < -0.4 is 10.6 Å². The van der Waals surface area contributed by atoms with Gasteiger partial charge in [-0.25, -0.2) is 4.79 Å². The van der Waals surface area contributed by atoms with Crippen LogP contribution >= 0.6 is 0 Å². The number of nitrogens with zero attached hydrogens (tertiary/aromatic N) is 1. The molecule has 8 heteroatoms. The normalized spacial score (nSPS) is 19.9. The monoisotopic (exact) mass is 465 g/mol. The summed E-state index contributed by atoms with van der Waals surface area (Å²) in [6, 6.07) is 14.9. The van der Waals surface area contributed by atoms with Crippen LogP contribution in [0.3, 0.4) is 0 Å². The molecule has 0 radical (unpaired) electrons. The number of carboxylic acid groups (broad SMARTS) is 1. The van der Waals surface area contributed by atoms with E-state index < -0.39 is 36.0 Å². The van der Waals surface area contributed by atoms with E-state index in [1.54, 1.807) is 19.0 Å². The molecule has 2 aliphatic carbocycles. The molecule has 2 aliphatic rings. The second-order valence-electron chi connectivity index (χ2n) is 9.28. The number of carbonyl (C=O) groups is 3. The van der Waals surface area contributed by atoms with E-state index in [-0.39, 0.29) is 19.1 Å². The lowest BCUT2D eigenvalue weighted by molar-refractivity contribution is -0.142. The lowest BCUT2D eigenvalue weighted by Gasteiger charge is -2.25. The fourth-order valence-electron chi connectivity index (χ4n) is 5.05. The predicted octanol–water partition coefficient (Wildman–Crippen LogP) is 2.82. The third kappa shape index (κ3) is 5.07. The number of amides is 2. The van der Waals surface area contributed by atoms with Gasteiger partial charge in [-0.3, -0.25) is 9.59 Å². The molecule has 2 unspecified atom stereocenters. The van der Waals surface area contributed by atoms with Gasteiger partial charge in [0, 0.05) is 18.5 Å². The fourth-order valence-corrected chi connectivity index (χ4v) is 5.05. The lowest BCUT2D eigenvalue weighted by atomic mass is 9.98. The van der Waals surface area contributed by atoms with Crippen LogP contribution in [0.4, 0.5) is 4.79 Å². The Labute approximate surface area is 199 Å². The van der Waals surface area contributed by atoms with Crippen molar-refractivity contribution in [1.29, 1.82) is 0 Å². The molecule has 8 nitrogen and oxygen atoms in total. The average Bonchev–Trinajstić information content (AvgIpc) is 3.39. The van der Waals surface area contributed by atoms with E-state index in [1.807, 2.05) is 36.4 Å². The number of benzene rings is 2. The molecule has 0 aromatic heterocycles. The Kier molecular flexibility index (Phi) is 7.17. The Balaban J connectivity index is 1.40. The van der Waals surface area contributed by atoms with E-state index in [9.17, 15) is 19.5 Å². The van der Waals surface area contributed by atoms with Crippen molar-refractivity contribution < 1.29 is 24.2 Å². The minimum Gasteiger partial charge on any atom is -0.481 e. The van der Waals surface area contributed by atoms with Gasteiger partial charge in [-0.2, -0.15) is 0 Å². The van der Waals surface area contributed by atoms with Crippen molar-refractivity contribution in [1.82, 2.24) is 15.5 Å². The van der Waals surface area contributed by atoms with Crippen LogP contribution in [0.5, 0.6) is 0 Å². The van der Waals surface area contributed by atoms with Crippen LogP contribution in [0, 0.1) is 5.92 Å². The summed E-state index contributed by atoms with van der Waals surface area (Å²) in [4.78, 5) is 38.9. The van der Waals surface area contributed by atoms with Gasteiger partial charge < -0.3 is 25.4 Å². The quantitative estimate of drug-likeness (QED) is 0.553. The second-order valence-corrected chi connectivity index (χ2v) is 9.28.